The third-order valence-electron chi connectivity index (χ3n) is 5.51. The number of hydrogen-bond donors (Lipinski definition) is 1. The van der Waals surface area contributed by atoms with E-state index in [9.17, 15) is 18.0 Å². The molecule has 1 aromatic heterocycles. The van der Waals surface area contributed by atoms with E-state index < -0.39 is 21.3 Å². The van der Waals surface area contributed by atoms with Gasteiger partial charge in [0.25, 0.3) is 5.56 Å². The lowest BCUT2D eigenvalue weighted by atomic mass is 10.2. The first-order valence-electron chi connectivity index (χ1n) is 10.6. The van der Waals surface area contributed by atoms with Crippen molar-refractivity contribution >= 4 is 15.7 Å². The van der Waals surface area contributed by atoms with Gasteiger partial charge in [-0.05, 0) is 50.6 Å². The molecular weight excluding hydrogens is 456 g/mol. The van der Waals surface area contributed by atoms with Crippen LogP contribution in [0.15, 0.2) is 63.1 Å². The number of methoxy groups -OCH3 is 2. The molecule has 0 aliphatic carbocycles. The van der Waals surface area contributed by atoms with E-state index in [2.05, 4.69) is 5.32 Å². The highest BCUT2D eigenvalue weighted by Crippen LogP contribution is 2.30. The van der Waals surface area contributed by atoms with Crippen LogP contribution in [-0.2, 0) is 27.7 Å². The summed E-state index contributed by atoms with van der Waals surface area (Å²) < 4.78 is 38.3. The van der Waals surface area contributed by atoms with Crippen molar-refractivity contribution in [2.75, 3.05) is 14.2 Å². The molecule has 180 valence electrons. The van der Waals surface area contributed by atoms with Crippen molar-refractivity contribution in [1.29, 1.82) is 0 Å². The Morgan fingerprint density at radius 1 is 1.00 bits per heavy atom. The van der Waals surface area contributed by atoms with Crippen molar-refractivity contribution in [2.24, 2.45) is 0 Å². The summed E-state index contributed by atoms with van der Waals surface area (Å²) in [5.74, 6) is 0.587. The first-order chi connectivity index (χ1) is 16.1. The smallest absolute Gasteiger partial charge is 0.270 e. The Hall–Kier alpha value is -3.59. The first-order valence-corrected chi connectivity index (χ1v) is 12.1. The largest absolute Gasteiger partial charge is 0.493 e. The lowest BCUT2D eigenvalue weighted by molar-refractivity contribution is -0.121. The molecule has 8 nitrogen and oxygen atoms in total. The Morgan fingerprint density at radius 2 is 1.68 bits per heavy atom. The van der Waals surface area contributed by atoms with Gasteiger partial charge in [-0.1, -0.05) is 29.8 Å². The molecule has 0 unspecified atom stereocenters. The zero-order chi connectivity index (χ0) is 25.0. The number of amides is 1. The highest BCUT2D eigenvalue weighted by atomic mass is 32.2. The van der Waals surface area contributed by atoms with Crippen LogP contribution in [0.2, 0.25) is 0 Å². The van der Waals surface area contributed by atoms with Gasteiger partial charge in [-0.3, -0.25) is 9.59 Å². The van der Waals surface area contributed by atoms with Gasteiger partial charge in [-0.25, -0.2) is 8.42 Å². The maximum atomic E-state index is 13.3. The molecule has 0 aliphatic heterocycles. The Bertz CT molecular complexity index is 1380. The monoisotopic (exact) mass is 484 g/mol. The molecule has 0 radical (unpaired) electrons. The van der Waals surface area contributed by atoms with Crippen LogP contribution in [0, 0.1) is 20.8 Å². The van der Waals surface area contributed by atoms with E-state index in [-0.39, 0.29) is 22.9 Å². The zero-order valence-corrected chi connectivity index (χ0v) is 20.7. The molecule has 3 rings (SSSR count). The molecule has 0 bridgehead atoms. The molecule has 0 fully saturated rings. The molecule has 1 N–H and O–H groups in total. The number of rotatable bonds is 8. The molecule has 3 aromatic rings. The average Bonchev–Trinajstić information content (AvgIpc) is 2.79. The van der Waals surface area contributed by atoms with E-state index in [1.165, 1.54) is 30.9 Å². The molecule has 34 heavy (non-hydrogen) atoms. The second kappa shape index (κ2) is 10.1. The van der Waals surface area contributed by atoms with Crippen molar-refractivity contribution in [3.8, 4) is 11.5 Å². The van der Waals surface area contributed by atoms with Gasteiger partial charge in [-0.15, -0.1) is 0 Å². The summed E-state index contributed by atoms with van der Waals surface area (Å²) in [7, 11) is -1.03. The van der Waals surface area contributed by atoms with Gasteiger partial charge in [0, 0.05) is 17.8 Å². The summed E-state index contributed by atoms with van der Waals surface area (Å²) in [5.41, 5.74) is 1.69. The van der Waals surface area contributed by atoms with Crippen LogP contribution < -0.4 is 20.3 Å². The molecule has 1 heterocycles. The number of aromatic nitrogens is 1. The number of benzene rings is 2. The van der Waals surface area contributed by atoms with E-state index >= 15 is 0 Å². The van der Waals surface area contributed by atoms with Gasteiger partial charge in [0.05, 0.1) is 19.1 Å². The summed E-state index contributed by atoms with van der Waals surface area (Å²) in [6, 6.07) is 13.2. The standard InChI is InChI=1S/C25H28N2O6S/c1-16-9-11-20(12-10-16)34(30,31)24-17(2)13-18(3)27(25(24)29)15-22(28)26-14-19-7-6-8-21(32-4)23(19)33-5/h6-13H,14-15H2,1-5H3,(H,26,28). The Balaban J connectivity index is 1.89. The summed E-state index contributed by atoms with van der Waals surface area (Å²) in [5, 5.41) is 2.75. The maximum Gasteiger partial charge on any atom is 0.270 e. The fourth-order valence-electron chi connectivity index (χ4n) is 3.75. The normalized spacial score (nSPS) is 11.2. The molecule has 1 amide bonds. The topological polar surface area (TPSA) is 104 Å². The number of carbonyl (C=O) groups is 1. The van der Waals surface area contributed by atoms with Crippen LogP contribution in [0.4, 0.5) is 0 Å². The molecular formula is C25H28N2O6S. The van der Waals surface area contributed by atoms with Crippen LogP contribution in [0.25, 0.3) is 0 Å². The number of nitrogens with zero attached hydrogens (tertiary/aromatic N) is 1. The minimum Gasteiger partial charge on any atom is -0.493 e. The predicted molar refractivity (Wildman–Crippen MR) is 128 cm³/mol. The zero-order valence-electron chi connectivity index (χ0n) is 19.8. The van der Waals surface area contributed by atoms with Crippen LogP contribution in [0.1, 0.15) is 22.4 Å². The molecule has 9 heteroatoms. The highest BCUT2D eigenvalue weighted by molar-refractivity contribution is 7.91. The van der Waals surface area contributed by atoms with Crippen molar-refractivity contribution in [3.63, 3.8) is 0 Å². The second-order valence-electron chi connectivity index (χ2n) is 7.94. The number of hydrogen-bond acceptors (Lipinski definition) is 6. The van der Waals surface area contributed by atoms with Crippen molar-refractivity contribution < 1.29 is 22.7 Å². The number of pyridine rings is 1. The van der Waals surface area contributed by atoms with E-state index in [1.807, 2.05) is 6.92 Å². The summed E-state index contributed by atoms with van der Waals surface area (Å²) in [6.45, 7) is 4.91. The van der Waals surface area contributed by atoms with Crippen molar-refractivity contribution in [3.05, 3.63) is 81.3 Å². The molecule has 0 aliphatic rings. The fraction of sp³-hybridized carbons (Fsp3) is 0.280. The highest BCUT2D eigenvalue weighted by Gasteiger charge is 2.26. The minimum absolute atomic E-state index is 0.0308. The lowest BCUT2D eigenvalue weighted by Crippen LogP contribution is -2.35. The Morgan fingerprint density at radius 3 is 2.29 bits per heavy atom. The fourth-order valence-corrected chi connectivity index (χ4v) is 5.31. The van der Waals surface area contributed by atoms with Gasteiger partial charge < -0.3 is 19.4 Å². The van der Waals surface area contributed by atoms with Gasteiger partial charge in [-0.2, -0.15) is 0 Å². The predicted octanol–water partition coefficient (Wildman–Crippen LogP) is 2.94. The number of ether oxygens (including phenoxy) is 2. The number of para-hydroxylation sites is 1. The van der Waals surface area contributed by atoms with Gasteiger partial charge in [0.2, 0.25) is 15.7 Å². The molecule has 0 atom stereocenters. The summed E-state index contributed by atoms with van der Waals surface area (Å²) in [6.07, 6.45) is 0. The first kappa shape index (κ1) is 25.0. The van der Waals surface area contributed by atoms with E-state index in [4.69, 9.17) is 9.47 Å². The molecule has 0 saturated heterocycles. The lowest BCUT2D eigenvalue weighted by Gasteiger charge is -2.16. The number of aryl methyl sites for hydroxylation is 3. The average molecular weight is 485 g/mol. The van der Waals surface area contributed by atoms with E-state index in [0.717, 1.165) is 5.56 Å². The van der Waals surface area contributed by atoms with Crippen LogP contribution in [0.5, 0.6) is 11.5 Å². The molecule has 0 spiro atoms. The van der Waals surface area contributed by atoms with Gasteiger partial charge in [0.1, 0.15) is 11.4 Å². The van der Waals surface area contributed by atoms with Crippen molar-refractivity contribution in [2.45, 2.75) is 43.7 Å². The van der Waals surface area contributed by atoms with Crippen LogP contribution >= 0.6 is 0 Å². The van der Waals surface area contributed by atoms with E-state index in [0.29, 0.717) is 28.3 Å². The van der Waals surface area contributed by atoms with Crippen LogP contribution in [-0.4, -0.2) is 33.1 Å². The maximum absolute atomic E-state index is 13.3. The SMILES string of the molecule is COc1cccc(CNC(=O)Cn2c(C)cc(C)c(S(=O)(=O)c3ccc(C)cc3)c2=O)c1OC. The molecule has 2 aromatic carbocycles. The summed E-state index contributed by atoms with van der Waals surface area (Å²) >= 11 is 0. The third-order valence-corrected chi connectivity index (χ3v) is 7.44. The van der Waals surface area contributed by atoms with Gasteiger partial charge >= 0.3 is 0 Å². The molecule has 0 saturated carbocycles. The quantitative estimate of drug-likeness (QED) is 0.527. The number of carbonyl (C=O) groups excluding carboxylic acids is 1. The van der Waals surface area contributed by atoms with Crippen LogP contribution in [0.3, 0.4) is 0 Å². The Labute approximate surface area is 199 Å². The van der Waals surface area contributed by atoms with Gasteiger partial charge in [0.15, 0.2) is 11.5 Å². The van der Waals surface area contributed by atoms with E-state index in [1.54, 1.807) is 50.2 Å². The summed E-state index contributed by atoms with van der Waals surface area (Å²) in [4.78, 5) is 25.7. The second-order valence-corrected chi connectivity index (χ2v) is 9.82. The van der Waals surface area contributed by atoms with Crippen molar-refractivity contribution in [1.82, 2.24) is 9.88 Å². The Kier molecular flexibility index (Phi) is 7.46. The minimum atomic E-state index is -4.06. The number of nitrogens with one attached hydrogen (secondary N) is 1. The third kappa shape index (κ3) is 4.99. The number of sulfone groups is 1.